The Morgan fingerprint density at radius 3 is 2.69 bits per heavy atom. The highest BCUT2D eigenvalue weighted by atomic mass is 19.1. The zero-order chi connectivity index (χ0) is 24.2. The van der Waals surface area contributed by atoms with Crippen LogP contribution in [-0.2, 0) is 13.0 Å². The third-order valence-electron chi connectivity index (χ3n) is 6.77. The monoisotopic (exact) mass is 468 g/mol. The van der Waals surface area contributed by atoms with Gasteiger partial charge in [-0.1, -0.05) is 36.4 Å². The molecule has 5 nitrogen and oxygen atoms in total. The normalized spacial score (nSPS) is 15.8. The first kappa shape index (κ1) is 23.0. The number of carbonyl (C=O) groups excluding carboxylic acids is 1. The minimum atomic E-state index is -0.232. The van der Waals surface area contributed by atoms with Gasteiger partial charge in [0.15, 0.2) is 0 Å². The third kappa shape index (κ3) is 5.32. The van der Waals surface area contributed by atoms with Crippen molar-refractivity contribution in [2.75, 3.05) is 13.1 Å². The molecule has 6 heteroatoms. The van der Waals surface area contributed by atoms with Crippen LogP contribution >= 0.6 is 0 Å². The van der Waals surface area contributed by atoms with Gasteiger partial charge >= 0.3 is 0 Å². The molecule has 5 rings (SSSR count). The van der Waals surface area contributed by atoms with E-state index in [9.17, 15) is 9.18 Å². The number of rotatable bonds is 6. The molecule has 0 spiro atoms. The van der Waals surface area contributed by atoms with Crippen LogP contribution in [0.25, 0.3) is 0 Å². The van der Waals surface area contributed by atoms with Gasteiger partial charge in [-0.2, -0.15) is 0 Å². The average molecular weight is 469 g/mol. The lowest BCUT2D eigenvalue weighted by molar-refractivity contribution is 0.0704. The Morgan fingerprint density at radius 2 is 1.89 bits per heavy atom. The van der Waals surface area contributed by atoms with Crippen molar-refractivity contribution in [3.8, 4) is 0 Å². The zero-order valence-electron chi connectivity index (χ0n) is 19.9. The number of hydrogen-bond acceptors (Lipinski definition) is 3. The highest BCUT2D eigenvalue weighted by Gasteiger charge is 2.27. The molecule has 1 amide bonds. The number of amides is 1. The summed E-state index contributed by atoms with van der Waals surface area (Å²) in [4.78, 5) is 24.8. The summed E-state index contributed by atoms with van der Waals surface area (Å²) in [7, 11) is 0. The first-order valence-electron chi connectivity index (χ1n) is 12.1. The van der Waals surface area contributed by atoms with Gasteiger partial charge in [-0.05, 0) is 61.2 Å². The fraction of sp³-hybridized carbons (Fsp3) is 0.276. The van der Waals surface area contributed by atoms with E-state index in [2.05, 4.69) is 15.6 Å². The van der Waals surface area contributed by atoms with Gasteiger partial charge in [-0.15, -0.1) is 0 Å². The van der Waals surface area contributed by atoms with E-state index < -0.39 is 0 Å². The van der Waals surface area contributed by atoms with E-state index in [0.717, 1.165) is 53.3 Å². The quantitative estimate of drug-likeness (QED) is 0.382. The van der Waals surface area contributed by atoms with Gasteiger partial charge < -0.3 is 9.47 Å². The number of imidazole rings is 1. The highest BCUT2D eigenvalue weighted by molar-refractivity contribution is 5.95. The number of aromatic nitrogens is 3. The zero-order valence-corrected chi connectivity index (χ0v) is 19.9. The van der Waals surface area contributed by atoms with Crippen molar-refractivity contribution >= 4 is 5.91 Å². The van der Waals surface area contributed by atoms with Crippen molar-refractivity contribution in [3.05, 3.63) is 119 Å². The van der Waals surface area contributed by atoms with E-state index in [4.69, 9.17) is 4.98 Å². The van der Waals surface area contributed by atoms with Gasteiger partial charge in [0.2, 0.25) is 0 Å². The SMILES string of the molecule is Cc1nccn1Cc1ccccc1C(=O)N1CCCC(c2cccc(Cc3ccc(F)cc3)n2)C1. The number of benzene rings is 2. The molecule has 0 aliphatic carbocycles. The number of hydrogen-bond donors (Lipinski definition) is 0. The molecule has 0 N–H and O–H groups in total. The van der Waals surface area contributed by atoms with Crippen molar-refractivity contribution in [2.24, 2.45) is 0 Å². The molecule has 0 bridgehead atoms. The number of pyridine rings is 1. The Bertz CT molecular complexity index is 1310. The molecule has 1 atom stereocenters. The third-order valence-corrected chi connectivity index (χ3v) is 6.77. The van der Waals surface area contributed by atoms with Crippen LogP contribution in [0, 0.1) is 12.7 Å². The van der Waals surface area contributed by atoms with Crippen molar-refractivity contribution in [1.29, 1.82) is 0 Å². The summed E-state index contributed by atoms with van der Waals surface area (Å²) >= 11 is 0. The minimum Gasteiger partial charge on any atom is -0.338 e. The van der Waals surface area contributed by atoms with E-state index in [1.54, 1.807) is 18.3 Å². The molecule has 1 saturated heterocycles. The second-order valence-corrected chi connectivity index (χ2v) is 9.21. The van der Waals surface area contributed by atoms with Crippen molar-refractivity contribution in [1.82, 2.24) is 19.4 Å². The number of piperidine rings is 1. The molecule has 4 aromatic rings. The predicted molar refractivity (Wildman–Crippen MR) is 134 cm³/mol. The maximum absolute atomic E-state index is 13.6. The fourth-order valence-electron chi connectivity index (χ4n) is 4.83. The summed E-state index contributed by atoms with van der Waals surface area (Å²) in [6, 6.07) is 20.5. The largest absolute Gasteiger partial charge is 0.338 e. The van der Waals surface area contributed by atoms with Crippen molar-refractivity contribution in [2.45, 2.75) is 38.6 Å². The van der Waals surface area contributed by atoms with Gasteiger partial charge in [-0.25, -0.2) is 9.37 Å². The van der Waals surface area contributed by atoms with Gasteiger partial charge in [0.05, 0.1) is 0 Å². The van der Waals surface area contributed by atoms with Crippen LogP contribution in [0.2, 0.25) is 0 Å². The molecule has 0 saturated carbocycles. The average Bonchev–Trinajstić information content (AvgIpc) is 3.30. The maximum Gasteiger partial charge on any atom is 0.254 e. The van der Waals surface area contributed by atoms with E-state index in [-0.39, 0.29) is 17.6 Å². The van der Waals surface area contributed by atoms with Crippen LogP contribution in [0.3, 0.4) is 0 Å². The van der Waals surface area contributed by atoms with Gasteiger partial charge in [0, 0.05) is 61.3 Å². The molecule has 1 fully saturated rings. The molecular formula is C29H29FN4O. The Labute approximate surface area is 205 Å². The lowest BCUT2D eigenvalue weighted by Crippen LogP contribution is -2.39. The minimum absolute atomic E-state index is 0.0746. The summed E-state index contributed by atoms with van der Waals surface area (Å²) in [6.45, 7) is 4.00. The van der Waals surface area contributed by atoms with Crippen molar-refractivity contribution < 1.29 is 9.18 Å². The van der Waals surface area contributed by atoms with Crippen LogP contribution in [0.1, 0.15) is 57.5 Å². The molecule has 178 valence electrons. The van der Waals surface area contributed by atoms with Crippen LogP contribution in [0.4, 0.5) is 4.39 Å². The standard InChI is InChI=1S/C29H29FN4O/c1-21-31-15-17-33(21)19-23-6-2-3-9-27(23)29(35)34-16-5-7-24(20-34)28-10-4-8-26(32-28)18-22-11-13-25(30)14-12-22/h2-4,6,8-15,17,24H,5,7,16,18-20H2,1H3. The van der Waals surface area contributed by atoms with Crippen molar-refractivity contribution in [3.63, 3.8) is 0 Å². The Balaban J connectivity index is 1.31. The number of halogens is 1. The van der Waals surface area contributed by atoms with Gasteiger partial charge in [0.1, 0.15) is 11.6 Å². The summed E-state index contributed by atoms with van der Waals surface area (Å²) in [5.74, 6) is 0.968. The van der Waals surface area contributed by atoms with E-state index >= 15 is 0 Å². The van der Waals surface area contributed by atoms with Crippen LogP contribution in [-0.4, -0.2) is 38.4 Å². The van der Waals surface area contributed by atoms with E-state index in [1.807, 2.05) is 54.4 Å². The molecule has 3 heterocycles. The van der Waals surface area contributed by atoms with Crippen LogP contribution in [0.5, 0.6) is 0 Å². The molecule has 1 aliphatic heterocycles. The summed E-state index contributed by atoms with van der Waals surface area (Å²) in [5.41, 5.74) is 4.75. The smallest absolute Gasteiger partial charge is 0.254 e. The van der Waals surface area contributed by atoms with Gasteiger partial charge in [0.25, 0.3) is 5.91 Å². The lowest BCUT2D eigenvalue weighted by Gasteiger charge is -2.33. The van der Waals surface area contributed by atoms with Gasteiger partial charge in [-0.3, -0.25) is 9.78 Å². The first-order valence-corrected chi connectivity index (χ1v) is 12.1. The van der Waals surface area contributed by atoms with Crippen LogP contribution in [0.15, 0.2) is 79.1 Å². The number of aryl methyl sites for hydroxylation is 1. The number of likely N-dealkylation sites (tertiary alicyclic amines) is 1. The molecule has 35 heavy (non-hydrogen) atoms. The predicted octanol–water partition coefficient (Wildman–Crippen LogP) is 5.38. The molecule has 1 unspecified atom stereocenters. The fourth-order valence-corrected chi connectivity index (χ4v) is 4.83. The lowest BCUT2D eigenvalue weighted by atomic mass is 9.93. The second kappa shape index (κ2) is 10.2. The topological polar surface area (TPSA) is 51.0 Å². The number of nitrogens with zero attached hydrogens (tertiary/aromatic N) is 4. The Hall–Kier alpha value is -3.80. The van der Waals surface area contributed by atoms with E-state index in [0.29, 0.717) is 19.5 Å². The summed E-state index contributed by atoms with van der Waals surface area (Å²) in [5, 5.41) is 0. The molecule has 2 aromatic heterocycles. The van der Waals surface area contributed by atoms with E-state index in [1.165, 1.54) is 12.1 Å². The molecule has 0 radical (unpaired) electrons. The summed E-state index contributed by atoms with van der Waals surface area (Å²) in [6.07, 6.45) is 6.34. The molecular weight excluding hydrogens is 439 g/mol. The highest BCUT2D eigenvalue weighted by Crippen LogP contribution is 2.28. The van der Waals surface area contributed by atoms with Crippen LogP contribution < -0.4 is 0 Å². The second-order valence-electron chi connectivity index (χ2n) is 9.21. The maximum atomic E-state index is 13.6. The number of carbonyl (C=O) groups is 1. The Kier molecular flexibility index (Phi) is 6.70. The molecule has 1 aliphatic rings. The first-order chi connectivity index (χ1) is 17.1. The Morgan fingerprint density at radius 1 is 1.06 bits per heavy atom. The summed E-state index contributed by atoms with van der Waals surface area (Å²) < 4.78 is 15.3. The molecule has 2 aromatic carbocycles.